The molecule has 0 nitrogen and oxygen atoms in total. The number of halogens is 1. The van der Waals surface area contributed by atoms with Crippen LogP contribution >= 0.6 is 11.6 Å². The maximum absolute atomic E-state index is 5.75. The quantitative estimate of drug-likeness (QED) is 0.561. The van der Waals surface area contributed by atoms with Gasteiger partial charge in [0.1, 0.15) is 0 Å². The van der Waals surface area contributed by atoms with Crippen molar-refractivity contribution in [3.05, 3.63) is 0 Å². The summed E-state index contributed by atoms with van der Waals surface area (Å²) in [5.41, 5.74) is 0. The second-order valence-corrected chi connectivity index (χ2v) is 4.51. The van der Waals surface area contributed by atoms with E-state index in [1.807, 2.05) is 0 Å². The topological polar surface area (TPSA) is 0 Å². The third kappa shape index (κ3) is 2.66. The zero-order chi connectivity index (χ0) is 8.27. The molecule has 0 spiro atoms. The zero-order valence-corrected chi connectivity index (χ0v) is 8.40. The average Bonchev–Trinajstić information content (AvgIpc) is 1.98. The van der Waals surface area contributed by atoms with Gasteiger partial charge in [0, 0.05) is 5.88 Å². The Bertz CT molecular complexity index is 111. The molecule has 0 saturated heterocycles. The SMILES string of the molecule is CC1CCC(C)C(CCCl)C1. The van der Waals surface area contributed by atoms with Crippen LogP contribution in [0.15, 0.2) is 0 Å². The molecule has 1 saturated carbocycles. The number of hydrogen-bond acceptors (Lipinski definition) is 0. The predicted molar refractivity (Wildman–Crippen MR) is 51.0 cm³/mol. The molecule has 0 radical (unpaired) electrons. The second-order valence-electron chi connectivity index (χ2n) is 4.13. The van der Waals surface area contributed by atoms with E-state index in [0.29, 0.717) is 0 Å². The molecule has 0 aromatic heterocycles. The lowest BCUT2D eigenvalue weighted by Crippen LogP contribution is -2.21. The molecule has 0 aliphatic heterocycles. The first-order valence-corrected chi connectivity index (χ1v) is 5.33. The Hall–Kier alpha value is 0.290. The van der Waals surface area contributed by atoms with Gasteiger partial charge >= 0.3 is 0 Å². The van der Waals surface area contributed by atoms with Crippen molar-refractivity contribution in [2.75, 3.05) is 5.88 Å². The van der Waals surface area contributed by atoms with E-state index in [1.54, 1.807) is 0 Å². The fourth-order valence-electron chi connectivity index (χ4n) is 2.19. The van der Waals surface area contributed by atoms with Crippen LogP contribution in [0, 0.1) is 17.8 Å². The van der Waals surface area contributed by atoms with Gasteiger partial charge in [-0.2, -0.15) is 0 Å². The summed E-state index contributed by atoms with van der Waals surface area (Å²) in [7, 11) is 0. The third-order valence-corrected chi connectivity index (χ3v) is 3.32. The minimum Gasteiger partial charge on any atom is -0.127 e. The van der Waals surface area contributed by atoms with Crippen LogP contribution in [-0.4, -0.2) is 5.88 Å². The zero-order valence-electron chi connectivity index (χ0n) is 7.65. The standard InChI is InChI=1S/C10H19Cl/c1-8-3-4-9(2)10(7-8)5-6-11/h8-10H,3-7H2,1-2H3. The molecule has 11 heavy (non-hydrogen) atoms. The van der Waals surface area contributed by atoms with Crippen molar-refractivity contribution in [3.8, 4) is 0 Å². The summed E-state index contributed by atoms with van der Waals surface area (Å²) in [6, 6.07) is 0. The first-order chi connectivity index (χ1) is 5.24. The Morgan fingerprint density at radius 3 is 2.64 bits per heavy atom. The summed E-state index contributed by atoms with van der Waals surface area (Å²) in [6.07, 6.45) is 5.49. The van der Waals surface area contributed by atoms with Crippen molar-refractivity contribution in [1.29, 1.82) is 0 Å². The smallest absolute Gasteiger partial charge is 0.0226 e. The minimum absolute atomic E-state index is 0.849. The molecule has 0 aromatic rings. The van der Waals surface area contributed by atoms with Crippen LogP contribution in [0.5, 0.6) is 0 Å². The van der Waals surface area contributed by atoms with E-state index < -0.39 is 0 Å². The fourth-order valence-corrected chi connectivity index (χ4v) is 2.47. The molecular weight excluding hydrogens is 156 g/mol. The van der Waals surface area contributed by atoms with Crippen molar-refractivity contribution in [3.63, 3.8) is 0 Å². The molecular formula is C10H19Cl. The van der Waals surface area contributed by atoms with E-state index in [0.717, 1.165) is 23.6 Å². The second kappa shape index (κ2) is 4.35. The van der Waals surface area contributed by atoms with E-state index in [1.165, 1.54) is 25.7 Å². The molecule has 0 N–H and O–H groups in total. The van der Waals surface area contributed by atoms with Gasteiger partial charge in [-0.15, -0.1) is 11.6 Å². The normalized spacial score (nSPS) is 39.0. The predicted octanol–water partition coefficient (Wildman–Crippen LogP) is 3.69. The molecule has 3 unspecified atom stereocenters. The van der Waals surface area contributed by atoms with Crippen LogP contribution < -0.4 is 0 Å². The molecule has 3 atom stereocenters. The Balaban J connectivity index is 2.34. The molecule has 1 rings (SSSR count). The lowest BCUT2D eigenvalue weighted by atomic mass is 9.74. The van der Waals surface area contributed by atoms with E-state index in [9.17, 15) is 0 Å². The molecule has 1 aliphatic rings. The maximum atomic E-state index is 5.75. The number of hydrogen-bond donors (Lipinski definition) is 0. The van der Waals surface area contributed by atoms with E-state index >= 15 is 0 Å². The van der Waals surface area contributed by atoms with Crippen molar-refractivity contribution in [2.45, 2.75) is 39.5 Å². The molecule has 1 heteroatoms. The number of alkyl halides is 1. The molecule has 0 bridgehead atoms. The molecule has 66 valence electrons. The van der Waals surface area contributed by atoms with Crippen molar-refractivity contribution >= 4 is 11.6 Å². The highest BCUT2D eigenvalue weighted by Gasteiger charge is 2.24. The highest BCUT2D eigenvalue weighted by Crippen LogP contribution is 2.35. The van der Waals surface area contributed by atoms with Crippen LogP contribution in [0.2, 0.25) is 0 Å². The van der Waals surface area contributed by atoms with Gasteiger partial charge in [-0.3, -0.25) is 0 Å². The largest absolute Gasteiger partial charge is 0.127 e. The van der Waals surface area contributed by atoms with Gasteiger partial charge in [0.25, 0.3) is 0 Å². The van der Waals surface area contributed by atoms with Crippen LogP contribution in [0.1, 0.15) is 39.5 Å². The highest BCUT2D eigenvalue weighted by molar-refractivity contribution is 6.17. The molecule has 0 aromatic carbocycles. The Kier molecular flexibility index (Phi) is 3.71. The van der Waals surface area contributed by atoms with Gasteiger partial charge in [0.2, 0.25) is 0 Å². The summed E-state index contributed by atoms with van der Waals surface area (Å²) in [4.78, 5) is 0. The lowest BCUT2D eigenvalue weighted by Gasteiger charge is -2.32. The third-order valence-electron chi connectivity index (χ3n) is 3.10. The summed E-state index contributed by atoms with van der Waals surface area (Å²) in [5, 5.41) is 0. The van der Waals surface area contributed by atoms with E-state index in [4.69, 9.17) is 11.6 Å². The first kappa shape index (κ1) is 9.38. The molecule has 0 heterocycles. The monoisotopic (exact) mass is 174 g/mol. The van der Waals surface area contributed by atoms with Crippen molar-refractivity contribution in [2.24, 2.45) is 17.8 Å². The van der Waals surface area contributed by atoms with Gasteiger partial charge in [-0.25, -0.2) is 0 Å². The molecule has 1 fully saturated rings. The van der Waals surface area contributed by atoms with E-state index in [2.05, 4.69) is 13.8 Å². The summed E-state index contributed by atoms with van der Waals surface area (Å²) < 4.78 is 0. The minimum atomic E-state index is 0.849. The maximum Gasteiger partial charge on any atom is 0.0226 e. The lowest BCUT2D eigenvalue weighted by molar-refractivity contribution is 0.199. The van der Waals surface area contributed by atoms with Gasteiger partial charge in [0.15, 0.2) is 0 Å². The fraction of sp³-hybridized carbons (Fsp3) is 1.00. The van der Waals surface area contributed by atoms with Gasteiger partial charge in [0.05, 0.1) is 0 Å². The van der Waals surface area contributed by atoms with E-state index in [-0.39, 0.29) is 0 Å². The van der Waals surface area contributed by atoms with Gasteiger partial charge < -0.3 is 0 Å². The van der Waals surface area contributed by atoms with Gasteiger partial charge in [-0.1, -0.05) is 26.7 Å². The highest BCUT2D eigenvalue weighted by atomic mass is 35.5. The van der Waals surface area contributed by atoms with Crippen LogP contribution in [0.3, 0.4) is 0 Å². The summed E-state index contributed by atoms with van der Waals surface area (Å²) in [6.45, 7) is 4.75. The number of rotatable bonds is 2. The van der Waals surface area contributed by atoms with Crippen molar-refractivity contribution < 1.29 is 0 Å². The summed E-state index contributed by atoms with van der Waals surface area (Å²) in [5.74, 6) is 3.63. The Morgan fingerprint density at radius 2 is 2.00 bits per heavy atom. The first-order valence-electron chi connectivity index (χ1n) is 4.80. The molecule has 0 amide bonds. The van der Waals surface area contributed by atoms with Crippen LogP contribution in [0.4, 0.5) is 0 Å². The van der Waals surface area contributed by atoms with Crippen LogP contribution in [0.25, 0.3) is 0 Å². The van der Waals surface area contributed by atoms with Crippen LogP contribution in [-0.2, 0) is 0 Å². The van der Waals surface area contributed by atoms with Crippen molar-refractivity contribution in [1.82, 2.24) is 0 Å². The Morgan fingerprint density at radius 1 is 1.27 bits per heavy atom. The van der Waals surface area contributed by atoms with Gasteiger partial charge in [-0.05, 0) is 30.6 Å². The average molecular weight is 175 g/mol. The molecule has 1 aliphatic carbocycles. The summed E-state index contributed by atoms with van der Waals surface area (Å²) >= 11 is 5.75. The Labute approximate surface area is 75.3 Å².